The fourth-order valence-electron chi connectivity index (χ4n) is 1.37. The van der Waals surface area contributed by atoms with E-state index in [1.165, 1.54) is 0 Å². The minimum absolute atomic E-state index is 0.0401. The van der Waals surface area contributed by atoms with Crippen LogP contribution in [0, 0.1) is 0 Å². The van der Waals surface area contributed by atoms with Crippen molar-refractivity contribution in [1.29, 1.82) is 0 Å². The molecule has 1 aliphatic rings. The lowest BCUT2D eigenvalue weighted by atomic mass is 10.0. The van der Waals surface area contributed by atoms with E-state index >= 15 is 0 Å². The molecule has 1 heterocycles. The van der Waals surface area contributed by atoms with Gasteiger partial charge >= 0.3 is 5.97 Å². The minimum Gasteiger partial charge on any atom is -0.464 e. The van der Waals surface area contributed by atoms with Gasteiger partial charge in [-0.2, -0.15) is 0 Å². The second-order valence-corrected chi connectivity index (χ2v) is 3.11. The van der Waals surface area contributed by atoms with Gasteiger partial charge < -0.3 is 14.2 Å². The molecule has 0 aromatic heterocycles. The highest BCUT2D eigenvalue weighted by Crippen LogP contribution is 2.40. The molecule has 0 amide bonds. The second kappa shape index (κ2) is 4.07. The molecule has 0 aromatic carbocycles. The number of rotatable bonds is 5. The Labute approximate surface area is 78.2 Å². The predicted octanol–water partition coefficient (Wildman–Crippen LogP) is 0.744. The van der Waals surface area contributed by atoms with Gasteiger partial charge in [-0.25, -0.2) is 4.79 Å². The number of hydrogen-bond donors (Lipinski definition) is 0. The van der Waals surface area contributed by atoms with Crippen LogP contribution in [0.3, 0.4) is 0 Å². The molecule has 4 heteroatoms. The lowest BCUT2D eigenvalue weighted by Gasteiger charge is -2.10. The third-order valence-corrected chi connectivity index (χ3v) is 2.29. The van der Waals surface area contributed by atoms with Crippen molar-refractivity contribution in [2.75, 3.05) is 20.3 Å². The fraction of sp³-hybridized carbons (Fsp3) is 0.889. The fourth-order valence-corrected chi connectivity index (χ4v) is 1.37. The number of methoxy groups -OCH3 is 1. The summed E-state index contributed by atoms with van der Waals surface area (Å²) in [5, 5.41) is 0. The second-order valence-electron chi connectivity index (χ2n) is 3.11. The maximum atomic E-state index is 11.4. The van der Waals surface area contributed by atoms with E-state index < -0.39 is 5.60 Å². The molecule has 1 fully saturated rings. The molecule has 1 aliphatic heterocycles. The monoisotopic (exact) mass is 188 g/mol. The van der Waals surface area contributed by atoms with Gasteiger partial charge in [-0.05, 0) is 13.8 Å². The summed E-state index contributed by atoms with van der Waals surface area (Å²) in [4.78, 5) is 11.4. The molecule has 0 aromatic rings. The molecule has 1 rings (SSSR count). The number of esters is 1. The van der Waals surface area contributed by atoms with E-state index in [1.54, 1.807) is 14.0 Å². The zero-order valence-electron chi connectivity index (χ0n) is 8.33. The average molecular weight is 188 g/mol. The molecule has 0 saturated carbocycles. The normalized spacial score (nSPS) is 31.5. The largest absolute Gasteiger partial charge is 0.464 e. The molecular weight excluding hydrogens is 172 g/mol. The summed E-state index contributed by atoms with van der Waals surface area (Å²) in [6, 6.07) is 0. The van der Waals surface area contributed by atoms with Crippen molar-refractivity contribution in [3.05, 3.63) is 0 Å². The Hall–Kier alpha value is -0.610. The Kier molecular flexibility index (Phi) is 3.27. The summed E-state index contributed by atoms with van der Waals surface area (Å²) >= 11 is 0. The first-order valence-electron chi connectivity index (χ1n) is 4.51. The van der Waals surface area contributed by atoms with Gasteiger partial charge in [0.1, 0.15) is 0 Å². The predicted molar refractivity (Wildman–Crippen MR) is 46.4 cm³/mol. The summed E-state index contributed by atoms with van der Waals surface area (Å²) in [6.07, 6.45) is 0.533. The van der Waals surface area contributed by atoms with Crippen LogP contribution < -0.4 is 0 Å². The highest BCUT2D eigenvalue weighted by Gasteiger charge is 2.60. The molecule has 0 spiro atoms. The third-order valence-electron chi connectivity index (χ3n) is 2.29. The van der Waals surface area contributed by atoms with Gasteiger partial charge in [0.2, 0.25) is 0 Å². The number of ether oxygens (including phenoxy) is 3. The summed E-state index contributed by atoms with van der Waals surface area (Å²) in [6.45, 7) is 4.56. The van der Waals surface area contributed by atoms with Gasteiger partial charge in [0.15, 0.2) is 5.60 Å². The van der Waals surface area contributed by atoms with E-state index in [1.807, 2.05) is 6.92 Å². The first-order chi connectivity index (χ1) is 6.17. The lowest BCUT2D eigenvalue weighted by Crippen LogP contribution is -2.30. The molecule has 0 radical (unpaired) electrons. The highest BCUT2D eigenvalue weighted by molar-refractivity contribution is 5.83. The van der Waals surface area contributed by atoms with E-state index in [4.69, 9.17) is 14.2 Å². The van der Waals surface area contributed by atoms with E-state index in [0.29, 0.717) is 19.6 Å². The Balaban J connectivity index is 2.46. The standard InChI is InChI=1S/C9H16O4/c1-4-12-8(10)9(5-6-11-3)7(2)13-9/h7H,4-6H2,1-3H3. The average Bonchev–Trinajstić information content (AvgIpc) is 2.75. The van der Waals surface area contributed by atoms with E-state index in [-0.39, 0.29) is 12.1 Å². The Bertz CT molecular complexity index is 192. The molecule has 76 valence electrons. The Morgan fingerprint density at radius 1 is 1.62 bits per heavy atom. The van der Waals surface area contributed by atoms with Crippen LogP contribution >= 0.6 is 0 Å². The van der Waals surface area contributed by atoms with Gasteiger partial charge in [-0.1, -0.05) is 0 Å². The first-order valence-corrected chi connectivity index (χ1v) is 4.51. The van der Waals surface area contributed by atoms with Crippen LogP contribution in [0.1, 0.15) is 20.3 Å². The molecular formula is C9H16O4. The smallest absolute Gasteiger partial charge is 0.341 e. The topological polar surface area (TPSA) is 48.1 Å². The van der Waals surface area contributed by atoms with E-state index in [0.717, 1.165) is 0 Å². The van der Waals surface area contributed by atoms with Gasteiger partial charge in [0.05, 0.1) is 12.7 Å². The van der Waals surface area contributed by atoms with Crippen LogP contribution in [0.4, 0.5) is 0 Å². The van der Waals surface area contributed by atoms with E-state index in [9.17, 15) is 4.79 Å². The Morgan fingerprint density at radius 3 is 2.62 bits per heavy atom. The zero-order valence-corrected chi connectivity index (χ0v) is 8.33. The SMILES string of the molecule is CCOC(=O)C1(CCOC)OC1C. The Morgan fingerprint density at radius 2 is 2.23 bits per heavy atom. The summed E-state index contributed by atoms with van der Waals surface area (Å²) in [5.74, 6) is -0.264. The number of epoxide rings is 1. The number of hydrogen-bond acceptors (Lipinski definition) is 4. The number of carbonyl (C=O) groups excluding carboxylic acids is 1. The minimum atomic E-state index is -0.716. The van der Waals surface area contributed by atoms with Crippen molar-refractivity contribution in [2.45, 2.75) is 32.0 Å². The lowest BCUT2D eigenvalue weighted by molar-refractivity contribution is -0.150. The van der Waals surface area contributed by atoms with Crippen LogP contribution in [-0.4, -0.2) is 38.0 Å². The van der Waals surface area contributed by atoms with Crippen molar-refractivity contribution in [1.82, 2.24) is 0 Å². The van der Waals surface area contributed by atoms with Gasteiger partial charge in [-0.3, -0.25) is 0 Å². The molecule has 2 atom stereocenters. The van der Waals surface area contributed by atoms with Crippen LogP contribution in [0.15, 0.2) is 0 Å². The van der Waals surface area contributed by atoms with Crippen molar-refractivity contribution in [2.24, 2.45) is 0 Å². The van der Waals surface area contributed by atoms with Crippen LogP contribution in [-0.2, 0) is 19.0 Å². The van der Waals surface area contributed by atoms with Gasteiger partial charge in [0, 0.05) is 20.1 Å². The molecule has 13 heavy (non-hydrogen) atoms. The molecule has 0 bridgehead atoms. The van der Waals surface area contributed by atoms with Crippen molar-refractivity contribution in [3.8, 4) is 0 Å². The first kappa shape index (κ1) is 10.5. The molecule has 4 nitrogen and oxygen atoms in total. The van der Waals surface area contributed by atoms with Gasteiger partial charge in [0.25, 0.3) is 0 Å². The van der Waals surface area contributed by atoms with Crippen LogP contribution in [0.2, 0.25) is 0 Å². The molecule has 0 N–H and O–H groups in total. The van der Waals surface area contributed by atoms with Crippen molar-refractivity contribution in [3.63, 3.8) is 0 Å². The maximum Gasteiger partial charge on any atom is 0.341 e. The maximum absolute atomic E-state index is 11.4. The van der Waals surface area contributed by atoms with Crippen molar-refractivity contribution < 1.29 is 19.0 Å². The van der Waals surface area contributed by atoms with Crippen LogP contribution in [0.25, 0.3) is 0 Å². The summed E-state index contributed by atoms with van der Waals surface area (Å²) < 4.78 is 15.1. The summed E-state index contributed by atoms with van der Waals surface area (Å²) in [7, 11) is 1.60. The van der Waals surface area contributed by atoms with Crippen LogP contribution in [0.5, 0.6) is 0 Å². The quantitative estimate of drug-likeness (QED) is 0.471. The summed E-state index contributed by atoms with van der Waals surface area (Å²) in [5.41, 5.74) is -0.716. The number of carbonyl (C=O) groups is 1. The molecule has 2 unspecified atom stereocenters. The highest BCUT2D eigenvalue weighted by atomic mass is 16.7. The zero-order chi connectivity index (χ0) is 9.90. The third kappa shape index (κ3) is 2.00. The van der Waals surface area contributed by atoms with E-state index in [2.05, 4.69) is 0 Å². The van der Waals surface area contributed by atoms with Gasteiger partial charge in [-0.15, -0.1) is 0 Å². The van der Waals surface area contributed by atoms with Crippen molar-refractivity contribution >= 4 is 5.97 Å². The molecule has 1 saturated heterocycles. The molecule has 0 aliphatic carbocycles.